The largest absolute Gasteiger partial charge is 0.769 e. The molecule has 15 heteroatoms. The molecule has 3 rings (SSSR count). The predicted octanol–water partition coefficient (Wildman–Crippen LogP) is 2.26. The molecule has 0 unspecified atom stereocenters. The van der Waals surface area contributed by atoms with E-state index in [9.17, 15) is 31.8 Å². The number of nitrogens with zero attached hydrogens (tertiary/aromatic N) is 2. The summed E-state index contributed by atoms with van der Waals surface area (Å²) in [6.45, 7) is 0. The molecule has 0 spiro atoms. The van der Waals surface area contributed by atoms with E-state index in [1.165, 1.54) is 0 Å². The van der Waals surface area contributed by atoms with Crippen molar-refractivity contribution in [2.75, 3.05) is 10.5 Å². The molecule has 2 aromatic carbocycles. The highest BCUT2D eigenvalue weighted by atomic mass is 79.9. The zero-order valence-corrected chi connectivity index (χ0v) is 17.0. The molecule has 0 saturated heterocycles. The molecule has 0 amide bonds. The predicted molar refractivity (Wildman–Crippen MR) is 102 cm³/mol. The fourth-order valence-corrected chi connectivity index (χ4v) is 5.30. The third-order valence-corrected chi connectivity index (χ3v) is 6.74. The highest BCUT2D eigenvalue weighted by Crippen LogP contribution is 2.45. The van der Waals surface area contributed by atoms with Crippen molar-refractivity contribution >= 4 is 57.8 Å². The number of benzene rings is 2. The minimum atomic E-state index is -4.90. The van der Waals surface area contributed by atoms with E-state index in [0.717, 1.165) is 30.3 Å². The summed E-state index contributed by atoms with van der Waals surface area (Å²) < 4.78 is 62.2. The first-order chi connectivity index (χ1) is 13.3. The zero-order chi connectivity index (χ0) is 21.7. The molecule has 0 bridgehead atoms. The van der Waals surface area contributed by atoms with Crippen molar-refractivity contribution in [3.8, 4) is 0 Å². The van der Waals surface area contributed by atoms with E-state index < -0.39 is 46.6 Å². The van der Waals surface area contributed by atoms with Crippen LogP contribution in [0.5, 0.6) is 0 Å². The fraction of sp³-hybridized carbons (Fsp3) is 0. The Hall–Kier alpha value is -2.24. The van der Waals surface area contributed by atoms with Gasteiger partial charge in [-0.3, -0.25) is 15.0 Å². The van der Waals surface area contributed by atoms with Crippen LogP contribution in [0.15, 0.2) is 46.2 Å². The summed E-state index contributed by atoms with van der Waals surface area (Å²) in [5.41, 5.74) is -1.27. The van der Waals surface area contributed by atoms with Gasteiger partial charge < -0.3 is 19.8 Å². The SMILES string of the molecule is O=S(=O)(O)c1cc(N(O)O)ccc1C(Br)=C1OS(=O)(=O)c2cc(N([O-])[O-])ccc21. The number of rotatable bonds is 4. The summed E-state index contributed by atoms with van der Waals surface area (Å²) >= 11 is 3.03. The Kier molecular flexibility index (Phi) is 5.35. The molecular weight excluding hydrogens is 500 g/mol. The lowest BCUT2D eigenvalue weighted by molar-refractivity contribution is 0.0290. The van der Waals surface area contributed by atoms with Gasteiger partial charge in [0, 0.05) is 16.8 Å². The maximum Gasteiger partial charge on any atom is 0.340 e. The first kappa shape index (κ1) is 21.5. The molecule has 0 fully saturated rings. The summed E-state index contributed by atoms with van der Waals surface area (Å²) in [6, 6.07) is 5.76. The van der Waals surface area contributed by atoms with Gasteiger partial charge in [-0.1, -0.05) is 6.07 Å². The number of halogens is 1. The summed E-state index contributed by atoms with van der Waals surface area (Å²) in [5.74, 6) is -0.377. The van der Waals surface area contributed by atoms with Crippen molar-refractivity contribution in [1.29, 1.82) is 0 Å². The van der Waals surface area contributed by atoms with E-state index in [2.05, 4.69) is 15.9 Å². The number of hydrogen-bond donors (Lipinski definition) is 3. The summed E-state index contributed by atoms with van der Waals surface area (Å²) in [6.07, 6.45) is 0. The van der Waals surface area contributed by atoms with Crippen LogP contribution in [0.1, 0.15) is 11.1 Å². The Balaban J connectivity index is 2.28. The van der Waals surface area contributed by atoms with Gasteiger partial charge in [0.1, 0.15) is 9.79 Å². The molecule has 0 aromatic heterocycles. The third-order valence-electron chi connectivity index (χ3n) is 3.79. The van der Waals surface area contributed by atoms with Crippen molar-refractivity contribution < 1.29 is 36.0 Å². The second-order valence-electron chi connectivity index (χ2n) is 5.56. The lowest BCUT2D eigenvalue weighted by Gasteiger charge is -2.37. The second kappa shape index (κ2) is 7.22. The Morgan fingerprint density at radius 3 is 2.24 bits per heavy atom. The molecule has 29 heavy (non-hydrogen) atoms. The van der Waals surface area contributed by atoms with Crippen molar-refractivity contribution in [3.63, 3.8) is 0 Å². The van der Waals surface area contributed by atoms with E-state index >= 15 is 0 Å². The Morgan fingerprint density at radius 1 is 1.07 bits per heavy atom. The van der Waals surface area contributed by atoms with Crippen LogP contribution in [0.25, 0.3) is 10.2 Å². The topological polar surface area (TPSA) is 191 Å². The number of fused-ring (bicyclic) bond motifs is 1. The van der Waals surface area contributed by atoms with Crippen molar-refractivity contribution in [2.45, 2.75) is 9.79 Å². The molecular formula is C14H9BrN2O10S2-2. The Bertz CT molecular complexity index is 1240. The highest BCUT2D eigenvalue weighted by molar-refractivity contribution is 9.15. The van der Waals surface area contributed by atoms with E-state index in [1.54, 1.807) is 0 Å². The van der Waals surface area contributed by atoms with Crippen molar-refractivity contribution in [3.05, 3.63) is 57.9 Å². The van der Waals surface area contributed by atoms with E-state index in [-0.39, 0.29) is 26.6 Å². The first-order valence-corrected chi connectivity index (χ1v) is 10.9. The lowest BCUT2D eigenvalue weighted by Crippen LogP contribution is -2.12. The molecule has 1 aliphatic rings. The van der Waals surface area contributed by atoms with Crippen LogP contribution in [0.2, 0.25) is 0 Å². The van der Waals surface area contributed by atoms with Crippen LogP contribution < -0.4 is 10.5 Å². The average molecular weight is 509 g/mol. The summed E-state index contributed by atoms with van der Waals surface area (Å²) in [5, 5.41) is 38.7. The quantitative estimate of drug-likeness (QED) is 0.310. The Labute approximate surface area is 171 Å². The standard InChI is InChI=1S/C14H9BrN2O10S2/c15-13(9-3-1-7(16(18)19)5-11(9)28(22,23)24)14-10-4-2-8(17(20)21)6-12(10)29(25,26)27-14/h1-6,18-19H,(H,22,23,24)/q-2. The van der Waals surface area contributed by atoms with Crippen molar-refractivity contribution in [1.82, 2.24) is 0 Å². The van der Waals surface area contributed by atoms with E-state index in [4.69, 9.17) is 14.6 Å². The molecule has 0 radical (unpaired) electrons. The van der Waals surface area contributed by atoms with Gasteiger partial charge in [-0.25, -0.2) is 0 Å². The zero-order valence-electron chi connectivity index (χ0n) is 13.8. The van der Waals surface area contributed by atoms with Gasteiger partial charge in [0.05, 0.1) is 10.2 Å². The summed E-state index contributed by atoms with van der Waals surface area (Å²) in [4.78, 5) is -1.29. The molecule has 1 aliphatic heterocycles. The maximum atomic E-state index is 12.3. The van der Waals surface area contributed by atoms with Gasteiger partial charge in [-0.15, -0.1) is 5.23 Å². The molecule has 3 N–H and O–H groups in total. The van der Waals surface area contributed by atoms with Gasteiger partial charge in [0.25, 0.3) is 10.1 Å². The van der Waals surface area contributed by atoms with Crippen LogP contribution in [0, 0.1) is 10.4 Å². The van der Waals surface area contributed by atoms with Gasteiger partial charge in [0.2, 0.25) is 0 Å². The molecule has 2 aromatic rings. The second-order valence-corrected chi connectivity index (χ2v) is 9.26. The molecule has 156 valence electrons. The summed E-state index contributed by atoms with van der Waals surface area (Å²) in [7, 11) is -9.32. The molecule has 0 aliphatic carbocycles. The van der Waals surface area contributed by atoms with Crippen LogP contribution in [-0.2, 0) is 24.4 Å². The highest BCUT2D eigenvalue weighted by Gasteiger charge is 2.35. The average Bonchev–Trinajstić information content (AvgIpc) is 2.90. The fourth-order valence-electron chi connectivity index (χ4n) is 2.53. The maximum absolute atomic E-state index is 12.3. The number of hydrogen-bond acceptors (Lipinski definition) is 11. The third kappa shape index (κ3) is 3.94. The monoisotopic (exact) mass is 508 g/mol. The normalized spacial score (nSPS) is 16.8. The van der Waals surface area contributed by atoms with Gasteiger partial charge >= 0.3 is 10.1 Å². The smallest absolute Gasteiger partial charge is 0.340 e. The van der Waals surface area contributed by atoms with Gasteiger partial charge in [-0.2, -0.15) is 16.8 Å². The van der Waals surface area contributed by atoms with E-state index in [1.807, 2.05) is 0 Å². The minimum absolute atomic E-state index is 0.0845. The Morgan fingerprint density at radius 2 is 1.69 bits per heavy atom. The molecule has 12 nitrogen and oxygen atoms in total. The van der Waals surface area contributed by atoms with Gasteiger partial charge in [0.15, 0.2) is 5.76 Å². The van der Waals surface area contributed by atoms with Crippen LogP contribution in [0.4, 0.5) is 11.4 Å². The van der Waals surface area contributed by atoms with Crippen molar-refractivity contribution in [2.24, 2.45) is 0 Å². The van der Waals surface area contributed by atoms with E-state index in [0.29, 0.717) is 6.07 Å². The lowest BCUT2D eigenvalue weighted by atomic mass is 10.1. The van der Waals surface area contributed by atoms with Crippen LogP contribution in [0.3, 0.4) is 0 Å². The van der Waals surface area contributed by atoms with Gasteiger partial charge in [-0.05, 0) is 46.3 Å². The number of anilines is 2. The first-order valence-electron chi connectivity index (χ1n) is 7.26. The minimum Gasteiger partial charge on any atom is -0.769 e. The molecule has 1 heterocycles. The molecule has 0 atom stereocenters. The molecule has 0 saturated carbocycles. The van der Waals surface area contributed by atoms with Crippen LogP contribution >= 0.6 is 15.9 Å². The van der Waals surface area contributed by atoms with Crippen LogP contribution in [-0.4, -0.2) is 31.8 Å².